The molecule has 2 aromatic carbocycles. The van der Waals surface area contributed by atoms with Crippen LogP contribution in [0.2, 0.25) is 0 Å². The summed E-state index contributed by atoms with van der Waals surface area (Å²) in [6.07, 6.45) is 0.432. The fraction of sp³-hybridized carbons (Fsp3) is 0.364. The number of para-hydroxylation sites is 1. The van der Waals surface area contributed by atoms with Crippen LogP contribution in [-0.2, 0) is 16.1 Å². The maximum atomic E-state index is 13.8. The summed E-state index contributed by atoms with van der Waals surface area (Å²) < 4.78 is 24.4. The van der Waals surface area contributed by atoms with Crippen LogP contribution in [0.1, 0.15) is 25.8 Å². The van der Waals surface area contributed by atoms with Gasteiger partial charge in [-0.05, 0) is 43.2 Å². The normalized spacial score (nSPS) is 11.4. The van der Waals surface area contributed by atoms with Gasteiger partial charge in [-0.25, -0.2) is 4.39 Å². The maximum absolute atomic E-state index is 13.8. The van der Waals surface area contributed by atoms with Crippen molar-refractivity contribution in [3.8, 4) is 11.5 Å². The maximum Gasteiger partial charge on any atom is 0.261 e. The summed E-state index contributed by atoms with van der Waals surface area (Å²) in [5.74, 6) is -0.543. The van der Waals surface area contributed by atoms with Crippen LogP contribution in [0.5, 0.6) is 11.5 Å². The summed E-state index contributed by atoms with van der Waals surface area (Å²) in [4.78, 5) is 27.0. The highest BCUT2D eigenvalue weighted by atomic mass is 19.1. The lowest BCUT2D eigenvalue weighted by Crippen LogP contribution is -2.50. The molecule has 0 aliphatic rings. The molecule has 2 aromatic rings. The zero-order chi connectivity index (χ0) is 21.2. The molecule has 29 heavy (non-hydrogen) atoms. The Labute approximate surface area is 170 Å². The lowest BCUT2D eigenvalue weighted by Gasteiger charge is -2.30. The SMILES string of the molecule is CCNC(=O)C(CC)N(Cc1cccc(OC)c1)C(=O)COc1ccccc1F. The Morgan fingerprint density at radius 3 is 2.55 bits per heavy atom. The van der Waals surface area contributed by atoms with E-state index in [4.69, 9.17) is 9.47 Å². The van der Waals surface area contributed by atoms with Gasteiger partial charge in [0.25, 0.3) is 5.91 Å². The molecule has 0 aromatic heterocycles. The van der Waals surface area contributed by atoms with Crippen LogP contribution in [0.4, 0.5) is 4.39 Å². The number of carbonyl (C=O) groups is 2. The highest BCUT2D eigenvalue weighted by Gasteiger charge is 2.28. The number of hydrogen-bond acceptors (Lipinski definition) is 4. The predicted octanol–water partition coefficient (Wildman–Crippen LogP) is 3.16. The largest absolute Gasteiger partial charge is 0.497 e. The molecule has 1 unspecified atom stereocenters. The van der Waals surface area contributed by atoms with Crippen LogP contribution < -0.4 is 14.8 Å². The Bertz CT molecular complexity index is 828. The van der Waals surface area contributed by atoms with Gasteiger partial charge in [-0.2, -0.15) is 0 Å². The van der Waals surface area contributed by atoms with E-state index in [1.807, 2.05) is 32.0 Å². The summed E-state index contributed by atoms with van der Waals surface area (Å²) in [5.41, 5.74) is 0.811. The van der Waals surface area contributed by atoms with E-state index in [1.54, 1.807) is 25.3 Å². The summed E-state index contributed by atoms with van der Waals surface area (Å²) >= 11 is 0. The highest BCUT2D eigenvalue weighted by Crippen LogP contribution is 2.19. The van der Waals surface area contributed by atoms with Crippen LogP contribution in [0, 0.1) is 5.82 Å². The predicted molar refractivity (Wildman–Crippen MR) is 108 cm³/mol. The molecular formula is C22H27FN2O4. The average molecular weight is 402 g/mol. The van der Waals surface area contributed by atoms with Gasteiger partial charge in [-0.1, -0.05) is 31.2 Å². The van der Waals surface area contributed by atoms with E-state index in [0.29, 0.717) is 18.7 Å². The van der Waals surface area contributed by atoms with E-state index in [-0.39, 0.29) is 24.8 Å². The van der Waals surface area contributed by atoms with Crippen molar-refractivity contribution in [1.82, 2.24) is 10.2 Å². The lowest BCUT2D eigenvalue weighted by atomic mass is 10.1. The molecule has 7 heteroatoms. The van der Waals surface area contributed by atoms with Gasteiger partial charge in [0.15, 0.2) is 18.2 Å². The monoisotopic (exact) mass is 402 g/mol. The molecule has 0 spiro atoms. The molecule has 0 saturated carbocycles. The lowest BCUT2D eigenvalue weighted by molar-refractivity contribution is -0.143. The van der Waals surface area contributed by atoms with Crippen LogP contribution in [0.3, 0.4) is 0 Å². The van der Waals surface area contributed by atoms with Crippen LogP contribution in [0.25, 0.3) is 0 Å². The second-order valence-electron chi connectivity index (χ2n) is 6.41. The minimum atomic E-state index is -0.669. The van der Waals surface area contributed by atoms with Gasteiger partial charge in [-0.3, -0.25) is 9.59 Å². The number of carbonyl (C=O) groups excluding carboxylic acids is 2. The summed E-state index contributed by atoms with van der Waals surface area (Å²) in [7, 11) is 1.56. The number of benzene rings is 2. The highest BCUT2D eigenvalue weighted by molar-refractivity contribution is 5.88. The fourth-order valence-electron chi connectivity index (χ4n) is 2.96. The van der Waals surface area contributed by atoms with Crippen molar-refractivity contribution >= 4 is 11.8 Å². The first kappa shape index (κ1) is 22.2. The van der Waals surface area contributed by atoms with E-state index in [9.17, 15) is 14.0 Å². The number of halogens is 1. The Kier molecular flexibility index (Phi) is 8.45. The smallest absolute Gasteiger partial charge is 0.261 e. The van der Waals surface area contributed by atoms with Crippen molar-refractivity contribution in [2.24, 2.45) is 0 Å². The fourth-order valence-corrected chi connectivity index (χ4v) is 2.96. The van der Waals surface area contributed by atoms with E-state index in [1.165, 1.54) is 17.0 Å². The molecule has 2 rings (SSSR count). The van der Waals surface area contributed by atoms with Crippen molar-refractivity contribution in [2.75, 3.05) is 20.3 Å². The van der Waals surface area contributed by atoms with Gasteiger partial charge in [0.2, 0.25) is 5.91 Å². The average Bonchev–Trinajstić information content (AvgIpc) is 2.73. The Morgan fingerprint density at radius 2 is 1.90 bits per heavy atom. The second-order valence-corrected chi connectivity index (χ2v) is 6.41. The van der Waals surface area contributed by atoms with Gasteiger partial charge < -0.3 is 19.7 Å². The zero-order valence-corrected chi connectivity index (χ0v) is 17.0. The molecule has 0 heterocycles. The van der Waals surface area contributed by atoms with Crippen LogP contribution >= 0.6 is 0 Å². The van der Waals surface area contributed by atoms with Crippen molar-refractivity contribution < 1.29 is 23.5 Å². The van der Waals surface area contributed by atoms with Crippen molar-refractivity contribution in [1.29, 1.82) is 0 Å². The number of nitrogens with one attached hydrogen (secondary N) is 1. The van der Waals surface area contributed by atoms with Gasteiger partial charge in [0.05, 0.1) is 7.11 Å². The molecular weight excluding hydrogens is 375 g/mol. The van der Waals surface area contributed by atoms with Gasteiger partial charge in [0.1, 0.15) is 11.8 Å². The number of methoxy groups -OCH3 is 1. The first-order valence-corrected chi connectivity index (χ1v) is 9.57. The number of likely N-dealkylation sites (N-methyl/N-ethyl adjacent to an activating group) is 1. The zero-order valence-electron chi connectivity index (χ0n) is 17.0. The second kappa shape index (κ2) is 11.0. The molecule has 1 atom stereocenters. The van der Waals surface area contributed by atoms with Gasteiger partial charge in [-0.15, -0.1) is 0 Å². The number of ether oxygens (including phenoxy) is 2. The van der Waals surface area contributed by atoms with Crippen molar-refractivity contribution in [3.63, 3.8) is 0 Å². The van der Waals surface area contributed by atoms with Crippen LogP contribution in [-0.4, -0.2) is 43.0 Å². The van der Waals surface area contributed by atoms with E-state index in [0.717, 1.165) is 5.56 Å². The van der Waals surface area contributed by atoms with Gasteiger partial charge >= 0.3 is 0 Å². The Hall–Kier alpha value is -3.09. The quantitative estimate of drug-likeness (QED) is 0.663. The topological polar surface area (TPSA) is 67.9 Å². The number of amides is 2. The van der Waals surface area contributed by atoms with E-state index in [2.05, 4.69) is 5.32 Å². The molecule has 0 fully saturated rings. The number of hydrogen-bond donors (Lipinski definition) is 1. The minimum Gasteiger partial charge on any atom is -0.497 e. The molecule has 0 aliphatic heterocycles. The van der Waals surface area contributed by atoms with Crippen molar-refractivity contribution in [3.05, 3.63) is 59.9 Å². The van der Waals surface area contributed by atoms with Gasteiger partial charge in [0, 0.05) is 13.1 Å². The van der Waals surface area contributed by atoms with Crippen LogP contribution in [0.15, 0.2) is 48.5 Å². The first-order valence-electron chi connectivity index (χ1n) is 9.57. The summed E-state index contributed by atoms with van der Waals surface area (Å²) in [6, 6.07) is 12.5. The number of rotatable bonds is 10. The molecule has 0 radical (unpaired) electrons. The third kappa shape index (κ3) is 6.20. The van der Waals surface area contributed by atoms with Crippen molar-refractivity contribution in [2.45, 2.75) is 32.9 Å². The third-order valence-electron chi connectivity index (χ3n) is 4.41. The summed E-state index contributed by atoms with van der Waals surface area (Å²) in [6.45, 7) is 3.94. The molecule has 0 saturated heterocycles. The molecule has 2 amide bonds. The third-order valence-corrected chi connectivity index (χ3v) is 4.41. The standard InChI is InChI=1S/C22H27FN2O4/c1-4-19(22(27)24-5-2)25(14-16-9-8-10-17(13-16)28-3)21(26)15-29-20-12-7-6-11-18(20)23/h6-13,19H,4-5,14-15H2,1-3H3,(H,24,27). The first-order chi connectivity index (χ1) is 14.0. The Balaban J connectivity index is 2.23. The molecule has 6 nitrogen and oxygen atoms in total. The molecule has 0 aliphatic carbocycles. The van der Waals surface area contributed by atoms with E-state index >= 15 is 0 Å². The number of nitrogens with zero attached hydrogens (tertiary/aromatic N) is 1. The minimum absolute atomic E-state index is 0.00626. The molecule has 1 N–H and O–H groups in total. The molecule has 156 valence electrons. The Morgan fingerprint density at radius 1 is 1.14 bits per heavy atom. The molecule has 0 bridgehead atoms. The van der Waals surface area contributed by atoms with E-state index < -0.39 is 17.8 Å². The summed E-state index contributed by atoms with van der Waals surface area (Å²) in [5, 5.41) is 2.76.